The largest absolute Gasteiger partial charge is 0.494 e. The van der Waals surface area contributed by atoms with Crippen LogP contribution >= 0.6 is 0 Å². The molecule has 0 aliphatic heterocycles. The van der Waals surface area contributed by atoms with E-state index in [2.05, 4.69) is 4.98 Å². The zero-order valence-electron chi connectivity index (χ0n) is 12.5. The number of rotatable bonds is 4. The van der Waals surface area contributed by atoms with Crippen molar-refractivity contribution in [1.29, 1.82) is 0 Å². The molecular weight excluding hydrogens is 266 g/mol. The molecule has 0 unspecified atom stereocenters. The Morgan fingerprint density at radius 1 is 1.29 bits per heavy atom. The molecule has 0 radical (unpaired) electrons. The first kappa shape index (κ1) is 14.8. The van der Waals surface area contributed by atoms with Gasteiger partial charge >= 0.3 is 0 Å². The zero-order chi connectivity index (χ0) is 15.4. The lowest BCUT2D eigenvalue weighted by atomic mass is 10.1. The Kier molecular flexibility index (Phi) is 4.42. The second kappa shape index (κ2) is 6.26. The molecule has 0 saturated heterocycles. The molecule has 1 aromatic carbocycles. The van der Waals surface area contributed by atoms with Gasteiger partial charge in [-0.05, 0) is 31.2 Å². The molecule has 0 spiro atoms. The van der Waals surface area contributed by atoms with Gasteiger partial charge in [0, 0.05) is 12.7 Å². The normalized spacial score (nSPS) is 10.2. The van der Waals surface area contributed by atoms with Gasteiger partial charge in [-0.25, -0.2) is 0 Å². The predicted octanol–water partition coefficient (Wildman–Crippen LogP) is 2.25. The number of nitrogen functional groups attached to an aromatic ring is 1. The van der Waals surface area contributed by atoms with Crippen molar-refractivity contribution in [3.8, 4) is 5.75 Å². The zero-order valence-corrected chi connectivity index (χ0v) is 12.5. The number of amides is 1. The molecule has 0 fully saturated rings. The van der Waals surface area contributed by atoms with Gasteiger partial charge in [0.25, 0.3) is 5.91 Å². The Hall–Kier alpha value is -2.56. The van der Waals surface area contributed by atoms with Gasteiger partial charge in [0.05, 0.1) is 30.6 Å². The van der Waals surface area contributed by atoms with Crippen LogP contribution in [0.25, 0.3) is 0 Å². The number of carbonyl (C=O) groups is 1. The molecule has 1 aromatic heterocycles. The number of nitrogens with zero attached hydrogens (tertiary/aromatic N) is 2. The average Bonchev–Trinajstić information content (AvgIpc) is 2.46. The molecule has 110 valence electrons. The summed E-state index contributed by atoms with van der Waals surface area (Å²) in [5.41, 5.74) is 8.50. The molecule has 1 amide bonds. The first-order chi connectivity index (χ1) is 10.0. The molecule has 0 aliphatic carbocycles. The van der Waals surface area contributed by atoms with E-state index in [1.165, 1.54) is 7.11 Å². The Morgan fingerprint density at radius 3 is 2.67 bits per heavy atom. The average molecular weight is 285 g/mol. The molecular formula is C16H19N3O2. The van der Waals surface area contributed by atoms with Crippen LogP contribution in [0.15, 0.2) is 36.4 Å². The molecule has 21 heavy (non-hydrogen) atoms. The minimum atomic E-state index is -0.151. The van der Waals surface area contributed by atoms with Gasteiger partial charge in [-0.1, -0.05) is 12.1 Å². The van der Waals surface area contributed by atoms with Gasteiger partial charge in [-0.3, -0.25) is 9.78 Å². The van der Waals surface area contributed by atoms with E-state index in [0.29, 0.717) is 23.5 Å². The number of hydrogen-bond donors (Lipinski definition) is 1. The number of carbonyl (C=O) groups excluding carboxylic acids is 1. The van der Waals surface area contributed by atoms with E-state index >= 15 is 0 Å². The minimum absolute atomic E-state index is 0.151. The van der Waals surface area contributed by atoms with Crippen LogP contribution in [-0.4, -0.2) is 29.9 Å². The number of methoxy groups -OCH3 is 1. The number of hydrogen-bond acceptors (Lipinski definition) is 4. The standard InChI is InChI=1S/C16H19N3O2/c1-11-6-4-7-12(18-11)10-19(2)16(20)13-8-5-9-14(17)15(13)21-3/h4-9H,10,17H2,1-3H3. The van der Waals surface area contributed by atoms with Crippen molar-refractivity contribution in [2.45, 2.75) is 13.5 Å². The highest BCUT2D eigenvalue weighted by Gasteiger charge is 2.18. The number of aryl methyl sites for hydroxylation is 1. The van der Waals surface area contributed by atoms with Gasteiger partial charge in [0.15, 0.2) is 5.75 Å². The summed E-state index contributed by atoms with van der Waals surface area (Å²) < 4.78 is 5.23. The summed E-state index contributed by atoms with van der Waals surface area (Å²) in [6, 6.07) is 10.9. The van der Waals surface area contributed by atoms with Crippen LogP contribution in [0.4, 0.5) is 5.69 Å². The monoisotopic (exact) mass is 285 g/mol. The van der Waals surface area contributed by atoms with E-state index in [9.17, 15) is 4.79 Å². The lowest BCUT2D eigenvalue weighted by Crippen LogP contribution is -2.27. The number of aromatic nitrogens is 1. The smallest absolute Gasteiger partial charge is 0.257 e. The summed E-state index contributed by atoms with van der Waals surface area (Å²) in [7, 11) is 3.24. The fourth-order valence-corrected chi connectivity index (χ4v) is 2.16. The molecule has 2 N–H and O–H groups in total. The van der Waals surface area contributed by atoms with Crippen LogP contribution in [0.3, 0.4) is 0 Å². The molecule has 0 saturated carbocycles. The summed E-state index contributed by atoms with van der Waals surface area (Å²) in [6.07, 6.45) is 0. The first-order valence-electron chi connectivity index (χ1n) is 6.63. The van der Waals surface area contributed by atoms with Gasteiger partial charge in [-0.2, -0.15) is 0 Å². The van der Waals surface area contributed by atoms with Crippen molar-refractivity contribution in [2.75, 3.05) is 19.9 Å². The van der Waals surface area contributed by atoms with Gasteiger partial charge in [0.1, 0.15) is 0 Å². The molecule has 0 bridgehead atoms. The second-order valence-corrected chi connectivity index (χ2v) is 4.86. The highest BCUT2D eigenvalue weighted by molar-refractivity contribution is 5.98. The van der Waals surface area contributed by atoms with Crippen LogP contribution in [0.2, 0.25) is 0 Å². The molecule has 0 aliphatic rings. The van der Waals surface area contributed by atoms with E-state index in [1.54, 1.807) is 30.1 Å². The highest BCUT2D eigenvalue weighted by Crippen LogP contribution is 2.27. The maximum atomic E-state index is 12.5. The van der Waals surface area contributed by atoms with Crippen LogP contribution in [-0.2, 0) is 6.54 Å². The van der Waals surface area contributed by atoms with Gasteiger partial charge in [0.2, 0.25) is 0 Å². The topological polar surface area (TPSA) is 68.5 Å². The predicted molar refractivity (Wildman–Crippen MR) is 82.2 cm³/mol. The Labute approximate surface area is 124 Å². The Morgan fingerprint density at radius 2 is 2.00 bits per heavy atom. The number of para-hydroxylation sites is 1. The van der Waals surface area contributed by atoms with E-state index in [-0.39, 0.29) is 5.91 Å². The molecule has 5 heteroatoms. The maximum Gasteiger partial charge on any atom is 0.257 e. The SMILES string of the molecule is COc1c(N)cccc1C(=O)N(C)Cc1cccc(C)n1. The van der Waals surface area contributed by atoms with Crippen LogP contribution < -0.4 is 10.5 Å². The highest BCUT2D eigenvalue weighted by atomic mass is 16.5. The third-order valence-electron chi connectivity index (χ3n) is 3.17. The lowest BCUT2D eigenvalue weighted by molar-refractivity contribution is 0.0780. The summed E-state index contributed by atoms with van der Waals surface area (Å²) in [4.78, 5) is 18.5. The molecule has 2 aromatic rings. The quantitative estimate of drug-likeness (QED) is 0.875. The lowest BCUT2D eigenvalue weighted by Gasteiger charge is -2.19. The van der Waals surface area contributed by atoms with Crippen molar-refractivity contribution < 1.29 is 9.53 Å². The van der Waals surface area contributed by atoms with E-state index in [0.717, 1.165) is 11.4 Å². The van der Waals surface area contributed by atoms with Crippen molar-refractivity contribution in [1.82, 2.24) is 9.88 Å². The molecule has 2 rings (SSSR count). The number of nitrogens with two attached hydrogens (primary N) is 1. The summed E-state index contributed by atoms with van der Waals surface area (Å²) in [5, 5.41) is 0. The van der Waals surface area contributed by atoms with Gasteiger partial charge < -0.3 is 15.4 Å². The fourth-order valence-electron chi connectivity index (χ4n) is 2.16. The first-order valence-corrected chi connectivity index (χ1v) is 6.63. The fraction of sp³-hybridized carbons (Fsp3) is 0.250. The second-order valence-electron chi connectivity index (χ2n) is 4.86. The van der Waals surface area contributed by atoms with E-state index in [1.807, 2.05) is 25.1 Å². The number of anilines is 1. The summed E-state index contributed by atoms with van der Waals surface area (Å²) >= 11 is 0. The van der Waals surface area contributed by atoms with Crippen LogP contribution in [0, 0.1) is 6.92 Å². The summed E-state index contributed by atoms with van der Waals surface area (Å²) in [6.45, 7) is 2.35. The third-order valence-corrected chi connectivity index (χ3v) is 3.17. The van der Waals surface area contributed by atoms with Gasteiger partial charge in [-0.15, -0.1) is 0 Å². The molecule has 0 atom stereocenters. The number of pyridine rings is 1. The van der Waals surface area contributed by atoms with Crippen molar-refractivity contribution >= 4 is 11.6 Å². The van der Waals surface area contributed by atoms with E-state index < -0.39 is 0 Å². The maximum absolute atomic E-state index is 12.5. The number of benzene rings is 1. The summed E-state index contributed by atoms with van der Waals surface area (Å²) in [5.74, 6) is 0.258. The molecule has 1 heterocycles. The Balaban J connectivity index is 2.22. The van der Waals surface area contributed by atoms with Crippen LogP contribution in [0.1, 0.15) is 21.7 Å². The molecule has 5 nitrogen and oxygen atoms in total. The van der Waals surface area contributed by atoms with Crippen molar-refractivity contribution in [2.24, 2.45) is 0 Å². The number of ether oxygens (including phenoxy) is 1. The Bertz CT molecular complexity index is 656. The minimum Gasteiger partial charge on any atom is -0.494 e. The third kappa shape index (κ3) is 3.31. The van der Waals surface area contributed by atoms with Crippen LogP contribution in [0.5, 0.6) is 5.75 Å². The van der Waals surface area contributed by atoms with E-state index in [4.69, 9.17) is 10.5 Å². The van der Waals surface area contributed by atoms with Crippen molar-refractivity contribution in [3.05, 3.63) is 53.3 Å². The van der Waals surface area contributed by atoms with Crippen molar-refractivity contribution in [3.63, 3.8) is 0 Å².